The second-order valence-corrected chi connectivity index (χ2v) is 10.4. The fourth-order valence-corrected chi connectivity index (χ4v) is 6.38. The number of ketones is 1. The summed E-state index contributed by atoms with van der Waals surface area (Å²) in [6, 6.07) is 23.2. The summed E-state index contributed by atoms with van der Waals surface area (Å²) in [6.45, 7) is 2.06. The van der Waals surface area contributed by atoms with E-state index < -0.39 is 0 Å². The van der Waals surface area contributed by atoms with Crippen LogP contribution in [0.25, 0.3) is 0 Å². The number of thioether (sulfide) groups is 2. The van der Waals surface area contributed by atoms with Gasteiger partial charge in [0.2, 0.25) is 0 Å². The van der Waals surface area contributed by atoms with Crippen molar-refractivity contribution in [1.82, 2.24) is 4.90 Å². The normalized spacial score (nSPS) is 18.2. The molecule has 6 nitrogen and oxygen atoms in total. The lowest BCUT2D eigenvalue weighted by Crippen LogP contribution is -2.31. The van der Waals surface area contributed by atoms with Gasteiger partial charge in [0.15, 0.2) is 11.0 Å². The van der Waals surface area contributed by atoms with Crippen LogP contribution in [0.5, 0.6) is 5.75 Å². The molecule has 1 saturated heterocycles. The molecule has 36 heavy (non-hydrogen) atoms. The van der Waals surface area contributed by atoms with Gasteiger partial charge < -0.3 is 9.64 Å². The monoisotopic (exact) mass is 515 g/mol. The third-order valence-corrected chi connectivity index (χ3v) is 8.49. The van der Waals surface area contributed by atoms with E-state index in [9.17, 15) is 9.59 Å². The van der Waals surface area contributed by atoms with E-state index in [1.165, 1.54) is 11.8 Å². The van der Waals surface area contributed by atoms with Crippen molar-refractivity contribution in [2.45, 2.75) is 18.2 Å². The number of fused-ring (bicyclic) bond motifs is 1. The predicted octanol–water partition coefficient (Wildman–Crippen LogP) is 6.11. The van der Waals surface area contributed by atoms with Gasteiger partial charge in [-0.05, 0) is 67.1 Å². The maximum absolute atomic E-state index is 13.7. The first kappa shape index (κ1) is 24.2. The highest BCUT2D eigenvalue weighted by Crippen LogP contribution is 2.51. The fourth-order valence-electron chi connectivity index (χ4n) is 4.03. The number of benzene rings is 3. The van der Waals surface area contributed by atoms with Gasteiger partial charge in [-0.25, -0.2) is 4.99 Å². The SMILES string of the molecule is COc1ccc2c(c1)N(C)C(=C1SC(=Nc3ccc(C(C)=O)cc3)N(CCc3ccccc3)C1=O)S2. The molecule has 0 bridgehead atoms. The highest BCUT2D eigenvalue weighted by Gasteiger charge is 2.39. The topological polar surface area (TPSA) is 62.2 Å². The average molecular weight is 516 g/mol. The zero-order chi connectivity index (χ0) is 25.2. The zero-order valence-electron chi connectivity index (χ0n) is 20.2. The quantitative estimate of drug-likeness (QED) is 0.291. The third-order valence-electron chi connectivity index (χ3n) is 6.06. The van der Waals surface area contributed by atoms with Gasteiger partial charge in [0, 0.05) is 30.1 Å². The number of rotatable bonds is 6. The smallest absolute Gasteiger partial charge is 0.269 e. The second kappa shape index (κ2) is 10.2. The molecule has 1 amide bonds. The summed E-state index contributed by atoms with van der Waals surface area (Å²) in [5.74, 6) is 0.733. The van der Waals surface area contributed by atoms with Crippen LogP contribution in [0, 0.1) is 0 Å². The number of ether oxygens (including phenoxy) is 1. The standard InChI is InChI=1S/C28H25N3O3S2/c1-18(32)20-9-11-21(12-10-20)29-28-31(16-15-19-7-5-4-6-8-19)26(33)25(36-28)27-30(2)23-17-22(34-3)13-14-24(23)35-27/h4-14,17H,15-16H2,1-3H3. The summed E-state index contributed by atoms with van der Waals surface area (Å²) in [5.41, 5.74) is 3.51. The van der Waals surface area contributed by atoms with Crippen molar-refractivity contribution in [3.8, 4) is 5.75 Å². The molecule has 0 unspecified atom stereocenters. The van der Waals surface area contributed by atoms with Crippen LogP contribution in [0.2, 0.25) is 0 Å². The number of methoxy groups -OCH3 is 1. The average Bonchev–Trinajstić information content (AvgIpc) is 3.38. The molecule has 0 saturated carbocycles. The molecule has 2 heterocycles. The molecule has 3 aromatic carbocycles. The predicted molar refractivity (Wildman–Crippen MR) is 147 cm³/mol. The first-order valence-electron chi connectivity index (χ1n) is 11.5. The number of hydrogen-bond donors (Lipinski definition) is 0. The van der Waals surface area contributed by atoms with Crippen LogP contribution in [0.1, 0.15) is 22.8 Å². The number of amides is 1. The summed E-state index contributed by atoms with van der Waals surface area (Å²) in [4.78, 5) is 35.8. The largest absolute Gasteiger partial charge is 0.497 e. The lowest BCUT2D eigenvalue weighted by atomic mass is 10.1. The first-order valence-corrected chi connectivity index (χ1v) is 13.1. The van der Waals surface area contributed by atoms with E-state index >= 15 is 0 Å². The minimum absolute atomic E-state index is 0.00798. The molecule has 0 atom stereocenters. The number of hydrogen-bond acceptors (Lipinski definition) is 7. The van der Waals surface area contributed by atoms with Crippen LogP contribution in [0.3, 0.4) is 0 Å². The van der Waals surface area contributed by atoms with E-state index in [1.54, 1.807) is 42.8 Å². The molecular formula is C28H25N3O3S2. The maximum atomic E-state index is 13.7. The van der Waals surface area contributed by atoms with E-state index in [0.717, 1.165) is 33.3 Å². The molecule has 182 valence electrons. The summed E-state index contributed by atoms with van der Waals surface area (Å²) in [5, 5.41) is 1.52. The van der Waals surface area contributed by atoms with Gasteiger partial charge in [-0.1, -0.05) is 42.1 Å². The van der Waals surface area contributed by atoms with Crippen LogP contribution in [-0.2, 0) is 11.2 Å². The zero-order valence-corrected chi connectivity index (χ0v) is 21.9. The summed E-state index contributed by atoms with van der Waals surface area (Å²) >= 11 is 2.98. The van der Waals surface area contributed by atoms with Crippen molar-refractivity contribution in [2.24, 2.45) is 4.99 Å². The summed E-state index contributed by atoms with van der Waals surface area (Å²) in [6.07, 6.45) is 0.721. The molecule has 2 aliphatic rings. The van der Waals surface area contributed by atoms with Gasteiger partial charge in [0.05, 0.1) is 23.5 Å². The lowest BCUT2D eigenvalue weighted by molar-refractivity contribution is -0.122. The Morgan fingerprint density at radius 1 is 1.00 bits per heavy atom. The van der Waals surface area contributed by atoms with Crippen molar-refractivity contribution >= 4 is 51.8 Å². The Bertz CT molecular complexity index is 1380. The van der Waals surface area contributed by atoms with Gasteiger partial charge in [-0.3, -0.25) is 14.5 Å². The van der Waals surface area contributed by atoms with Crippen LogP contribution < -0.4 is 9.64 Å². The number of amidine groups is 1. The Labute approximate surface area is 219 Å². The van der Waals surface area contributed by atoms with Crippen molar-refractivity contribution in [3.05, 3.63) is 93.9 Å². The molecular weight excluding hydrogens is 490 g/mol. The Hall–Kier alpha value is -3.49. The van der Waals surface area contributed by atoms with Gasteiger partial charge in [0.25, 0.3) is 5.91 Å². The van der Waals surface area contributed by atoms with Gasteiger partial charge >= 0.3 is 0 Å². The number of nitrogens with zero attached hydrogens (tertiary/aromatic N) is 3. The molecule has 0 aliphatic carbocycles. The number of Topliss-reactive ketones (excluding diaryl/α,β-unsaturated/α-hetero) is 1. The second-order valence-electron chi connectivity index (χ2n) is 8.42. The molecule has 5 rings (SSSR count). The van der Waals surface area contributed by atoms with Crippen molar-refractivity contribution < 1.29 is 14.3 Å². The molecule has 0 N–H and O–H groups in total. The van der Waals surface area contributed by atoms with Gasteiger partial charge in [0.1, 0.15) is 10.7 Å². The molecule has 8 heteroatoms. The summed E-state index contributed by atoms with van der Waals surface area (Å²) < 4.78 is 5.39. The molecule has 0 radical (unpaired) electrons. The van der Waals surface area contributed by atoms with E-state index in [0.29, 0.717) is 27.9 Å². The number of anilines is 1. The van der Waals surface area contributed by atoms with E-state index in [-0.39, 0.29) is 11.7 Å². The lowest BCUT2D eigenvalue weighted by Gasteiger charge is -2.17. The molecule has 2 aliphatic heterocycles. The van der Waals surface area contributed by atoms with Crippen LogP contribution in [-0.4, -0.2) is 42.5 Å². The minimum atomic E-state index is -0.0517. The highest BCUT2D eigenvalue weighted by atomic mass is 32.2. The summed E-state index contributed by atoms with van der Waals surface area (Å²) in [7, 11) is 3.62. The fraction of sp³-hybridized carbons (Fsp3) is 0.179. The molecule has 0 aromatic heterocycles. The Balaban J connectivity index is 1.49. The van der Waals surface area contributed by atoms with Crippen molar-refractivity contribution in [2.75, 3.05) is 25.6 Å². The number of aliphatic imine (C=N–C) groups is 1. The van der Waals surface area contributed by atoms with E-state index in [4.69, 9.17) is 9.73 Å². The van der Waals surface area contributed by atoms with Crippen molar-refractivity contribution in [3.63, 3.8) is 0 Å². The van der Waals surface area contributed by atoms with Crippen LogP contribution in [0.15, 0.2) is 92.6 Å². The first-order chi connectivity index (χ1) is 17.4. The minimum Gasteiger partial charge on any atom is -0.497 e. The number of carbonyl (C=O) groups excluding carboxylic acids is 2. The molecule has 3 aromatic rings. The molecule has 0 spiro atoms. The van der Waals surface area contributed by atoms with Gasteiger partial charge in [-0.2, -0.15) is 0 Å². The van der Waals surface area contributed by atoms with Crippen molar-refractivity contribution in [1.29, 1.82) is 0 Å². The Morgan fingerprint density at radius 2 is 1.75 bits per heavy atom. The molecule has 1 fully saturated rings. The Kier molecular flexibility index (Phi) is 6.89. The number of carbonyl (C=O) groups is 2. The maximum Gasteiger partial charge on any atom is 0.269 e. The van der Waals surface area contributed by atoms with E-state index in [1.807, 2.05) is 60.5 Å². The highest BCUT2D eigenvalue weighted by molar-refractivity contribution is 8.19. The van der Waals surface area contributed by atoms with Crippen LogP contribution in [0.4, 0.5) is 11.4 Å². The Morgan fingerprint density at radius 3 is 2.44 bits per heavy atom. The van der Waals surface area contributed by atoms with E-state index in [2.05, 4.69) is 12.1 Å². The third kappa shape index (κ3) is 4.79. The van der Waals surface area contributed by atoms with Gasteiger partial charge in [-0.15, -0.1) is 0 Å². The van der Waals surface area contributed by atoms with Crippen LogP contribution >= 0.6 is 23.5 Å².